The van der Waals surface area contributed by atoms with Crippen molar-refractivity contribution < 1.29 is 14.0 Å². The van der Waals surface area contributed by atoms with Gasteiger partial charge in [0.1, 0.15) is 0 Å². The zero-order valence-electron chi connectivity index (χ0n) is 17.9. The standard InChI is InChI=1S/C25H25N3O4/c1-30-23-11-9-19(14-24(23)31-20-6-2-3-7-20)28(16-17-5-4-12-26-15-17)18-8-10-22-21(13-18)25(29)27-32-22/h4-5,8-15,20H,2-3,6-7,16H2,1H3,(H,27,29). The number of anilines is 2. The topological polar surface area (TPSA) is 80.6 Å². The Morgan fingerprint density at radius 2 is 1.91 bits per heavy atom. The highest BCUT2D eigenvalue weighted by Crippen LogP contribution is 2.38. The van der Waals surface area contributed by atoms with Crippen molar-refractivity contribution in [3.05, 3.63) is 76.8 Å². The molecule has 0 spiro atoms. The molecule has 0 unspecified atom stereocenters. The van der Waals surface area contributed by atoms with Crippen LogP contribution in [-0.4, -0.2) is 23.4 Å². The molecule has 1 aliphatic carbocycles. The van der Waals surface area contributed by atoms with Gasteiger partial charge in [-0.3, -0.25) is 9.78 Å². The van der Waals surface area contributed by atoms with Crippen LogP contribution in [-0.2, 0) is 6.54 Å². The summed E-state index contributed by atoms with van der Waals surface area (Å²) in [5.74, 6) is 1.44. The van der Waals surface area contributed by atoms with E-state index in [0.29, 0.717) is 23.3 Å². The van der Waals surface area contributed by atoms with E-state index in [2.05, 4.69) is 15.0 Å². The van der Waals surface area contributed by atoms with Gasteiger partial charge in [-0.05, 0) is 67.6 Å². The van der Waals surface area contributed by atoms with E-state index in [-0.39, 0.29) is 11.7 Å². The summed E-state index contributed by atoms with van der Waals surface area (Å²) in [6, 6.07) is 15.5. The molecule has 1 saturated carbocycles. The number of nitrogens with one attached hydrogen (secondary N) is 1. The largest absolute Gasteiger partial charge is 0.493 e. The number of rotatable bonds is 7. The Bertz CT molecular complexity index is 1260. The van der Waals surface area contributed by atoms with E-state index < -0.39 is 0 Å². The fourth-order valence-corrected chi connectivity index (χ4v) is 4.23. The number of hydrogen-bond donors (Lipinski definition) is 1. The molecule has 4 aromatic rings. The number of benzene rings is 2. The van der Waals surface area contributed by atoms with Crippen LogP contribution in [0.5, 0.6) is 11.5 Å². The molecule has 164 valence electrons. The van der Waals surface area contributed by atoms with Crippen molar-refractivity contribution in [1.82, 2.24) is 10.1 Å². The smallest absolute Gasteiger partial charge is 0.287 e. The van der Waals surface area contributed by atoms with Gasteiger partial charge in [-0.2, -0.15) is 5.16 Å². The van der Waals surface area contributed by atoms with E-state index in [1.165, 1.54) is 12.8 Å². The fourth-order valence-electron chi connectivity index (χ4n) is 4.23. The first-order valence-corrected chi connectivity index (χ1v) is 10.8. The summed E-state index contributed by atoms with van der Waals surface area (Å²) in [7, 11) is 1.66. The number of nitrogens with zero attached hydrogens (tertiary/aromatic N) is 2. The van der Waals surface area contributed by atoms with Gasteiger partial charge in [0.2, 0.25) is 0 Å². The number of aromatic nitrogens is 2. The lowest BCUT2D eigenvalue weighted by Gasteiger charge is -2.26. The highest BCUT2D eigenvalue weighted by Gasteiger charge is 2.20. The lowest BCUT2D eigenvalue weighted by Crippen LogP contribution is -2.18. The summed E-state index contributed by atoms with van der Waals surface area (Å²) in [4.78, 5) is 18.5. The Morgan fingerprint density at radius 1 is 1.09 bits per heavy atom. The van der Waals surface area contributed by atoms with E-state index in [1.807, 2.05) is 48.7 Å². The van der Waals surface area contributed by atoms with Gasteiger partial charge >= 0.3 is 0 Å². The number of fused-ring (bicyclic) bond motifs is 1. The van der Waals surface area contributed by atoms with Gasteiger partial charge in [0.05, 0.1) is 18.6 Å². The van der Waals surface area contributed by atoms with Gasteiger partial charge in [0.25, 0.3) is 5.56 Å². The SMILES string of the molecule is COc1ccc(N(Cc2cccnc2)c2ccc3o[nH]c(=O)c3c2)cc1OC1CCCC1. The van der Waals surface area contributed by atoms with Gasteiger partial charge in [-0.15, -0.1) is 0 Å². The highest BCUT2D eigenvalue weighted by atomic mass is 16.5. The van der Waals surface area contributed by atoms with Crippen molar-refractivity contribution in [2.45, 2.75) is 38.3 Å². The first kappa shape index (κ1) is 20.2. The number of pyridine rings is 1. The maximum atomic E-state index is 12.2. The number of hydrogen-bond acceptors (Lipinski definition) is 6. The van der Waals surface area contributed by atoms with E-state index in [1.54, 1.807) is 19.4 Å². The molecule has 0 amide bonds. The fraction of sp³-hybridized carbons (Fsp3) is 0.280. The second-order valence-electron chi connectivity index (χ2n) is 8.02. The van der Waals surface area contributed by atoms with Gasteiger partial charge < -0.3 is 18.9 Å². The zero-order chi connectivity index (χ0) is 21.9. The maximum Gasteiger partial charge on any atom is 0.287 e. The predicted molar refractivity (Wildman–Crippen MR) is 123 cm³/mol. The van der Waals surface area contributed by atoms with Crippen molar-refractivity contribution in [2.75, 3.05) is 12.0 Å². The second kappa shape index (κ2) is 8.78. The molecule has 2 aromatic carbocycles. The van der Waals surface area contributed by atoms with Crippen LogP contribution in [0.15, 0.2) is 70.2 Å². The molecule has 1 aliphatic rings. The van der Waals surface area contributed by atoms with E-state index in [4.69, 9.17) is 14.0 Å². The summed E-state index contributed by atoms with van der Waals surface area (Å²) in [6.07, 6.45) is 8.32. The molecule has 32 heavy (non-hydrogen) atoms. The van der Waals surface area contributed by atoms with E-state index in [9.17, 15) is 4.79 Å². The number of H-pyrrole nitrogens is 1. The molecule has 1 N–H and O–H groups in total. The van der Waals surface area contributed by atoms with Crippen LogP contribution in [0.4, 0.5) is 11.4 Å². The van der Waals surface area contributed by atoms with Gasteiger partial charge in [-0.25, -0.2) is 0 Å². The van der Waals surface area contributed by atoms with Crippen molar-refractivity contribution in [3.63, 3.8) is 0 Å². The Balaban J connectivity index is 1.57. The molecule has 2 heterocycles. The summed E-state index contributed by atoms with van der Waals surface area (Å²) >= 11 is 0. The second-order valence-corrected chi connectivity index (χ2v) is 8.02. The molecule has 2 aromatic heterocycles. The van der Waals surface area contributed by atoms with Gasteiger partial charge in [0, 0.05) is 36.4 Å². The summed E-state index contributed by atoms with van der Waals surface area (Å²) in [6.45, 7) is 0.574. The number of ether oxygens (including phenoxy) is 2. The Hall–Kier alpha value is -3.74. The third-order valence-corrected chi connectivity index (χ3v) is 5.89. The van der Waals surface area contributed by atoms with E-state index in [0.717, 1.165) is 35.5 Å². The lowest BCUT2D eigenvalue weighted by molar-refractivity contribution is 0.201. The summed E-state index contributed by atoms with van der Waals surface area (Å²) in [5, 5.41) is 2.91. The third kappa shape index (κ3) is 4.06. The predicted octanol–water partition coefficient (Wildman–Crippen LogP) is 5.18. The minimum atomic E-state index is -0.247. The molecular formula is C25H25N3O4. The quantitative estimate of drug-likeness (QED) is 0.434. The number of methoxy groups -OCH3 is 1. The monoisotopic (exact) mass is 431 g/mol. The maximum absolute atomic E-state index is 12.2. The van der Waals surface area contributed by atoms with Crippen LogP contribution in [0.3, 0.4) is 0 Å². The molecule has 0 aliphatic heterocycles. The van der Waals surface area contributed by atoms with Crippen LogP contribution in [0.25, 0.3) is 11.0 Å². The van der Waals surface area contributed by atoms with E-state index >= 15 is 0 Å². The molecule has 0 saturated heterocycles. The van der Waals surface area contributed by atoms with Crippen molar-refractivity contribution in [1.29, 1.82) is 0 Å². The van der Waals surface area contributed by atoms with Crippen LogP contribution < -0.4 is 19.9 Å². The Labute approximate surface area is 185 Å². The Kier molecular flexibility index (Phi) is 5.54. The summed E-state index contributed by atoms with van der Waals surface area (Å²) < 4.78 is 17.1. The Morgan fingerprint density at radius 3 is 2.69 bits per heavy atom. The molecule has 0 atom stereocenters. The highest BCUT2D eigenvalue weighted by molar-refractivity contribution is 5.82. The van der Waals surface area contributed by atoms with Gasteiger partial charge in [0.15, 0.2) is 17.1 Å². The minimum Gasteiger partial charge on any atom is -0.493 e. The summed E-state index contributed by atoms with van der Waals surface area (Å²) in [5.41, 5.74) is 3.12. The van der Waals surface area contributed by atoms with Crippen molar-refractivity contribution in [2.24, 2.45) is 0 Å². The molecule has 7 nitrogen and oxygen atoms in total. The first-order valence-electron chi connectivity index (χ1n) is 10.8. The average Bonchev–Trinajstić information content (AvgIpc) is 3.48. The van der Waals surface area contributed by atoms with Crippen molar-refractivity contribution in [3.8, 4) is 11.5 Å². The zero-order valence-corrected chi connectivity index (χ0v) is 17.9. The minimum absolute atomic E-state index is 0.215. The number of aromatic amines is 1. The van der Waals surface area contributed by atoms with Gasteiger partial charge in [-0.1, -0.05) is 6.07 Å². The normalized spacial score (nSPS) is 14.0. The molecule has 0 bridgehead atoms. The molecular weight excluding hydrogens is 406 g/mol. The molecule has 0 radical (unpaired) electrons. The van der Waals surface area contributed by atoms with Crippen LogP contribution in [0.1, 0.15) is 31.2 Å². The molecule has 7 heteroatoms. The lowest BCUT2D eigenvalue weighted by atomic mass is 10.1. The average molecular weight is 431 g/mol. The molecule has 5 rings (SSSR count). The van der Waals surface area contributed by atoms with Crippen LogP contribution in [0.2, 0.25) is 0 Å². The third-order valence-electron chi connectivity index (χ3n) is 5.89. The first-order chi connectivity index (χ1) is 15.7. The van der Waals surface area contributed by atoms with Crippen LogP contribution in [0, 0.1) is 0 Å². The van der Waals surface area contributed by atoms with Crippen LogP contribution >= 0.6 is 0 Å². The molecule has 1 fully saturated rings. The van der Waals surface area contributed by atoms with Crippen molar-refractivity contribution >= 4 is 22.3 Å².